The first-order valence-corrected chi connectivity index (χ1v) is 23.4. The zero-order valence-electron chi connectivity index (χ0n) is 38.4. The van der Waals surface area contributed by atoms with Crippen molar-refractivity contribution < 1.29 is 28.6 Å². The van der Waals surface area contributed by atoms with Gasteiger partial charge in [-0.2, -0.15) is 0 Å². The molecule has 6 heteroatoms. The molecule has 0 fully saturated rings. The van der Waals surface area contributed by atoms with Crippen molar-refractivity contribution in [3.05, 3.63) is 146 Å². The van der Waals surface area contributed by atoms with Gasteiger partial charge in [0.15, 0.2) is 6.10 Å². The molecule has 0 N–H and O–H groups in total. The molecule has 0 aliphatic rings. The highest BCUT2D eigenvalue weighted by molar-refractivity contribution is 5.71. The van der Waals surface area contributed by atoms with Crippen LogP contribution in [0.25, 0.3) is 0 Å². The molecule has 0 spiro atoms. The summed E-state index contributed by atoms with van der Waals surface area (Å²) in [6.45, 7) is 6.17. The second-order valence-corrected chi connectivity index (χ2v) is 14.7. The average molecular weight is 839 g/mol. The van der Waals surface area contributed by atoms with Gasteiger partial charge in [-0.05, 0) is 96.3 Å². The van der Waals surface area contributed by atoms with Crippen molar-refractivity contribution in [2.75, 3.05) is 13.2 Å². The minimum absolute atomic E-state index is 0.134. The fraction of sp³-hybridized carbons (Fsp3) is 0.509. The molecule has 0 rings (SSSR count). The molecule has 0 bridgehead atoms. The van der Waals surface area contributed by atoms with Crippen LogP contribution in [0.15, 0.2) is 146 Å². The monoisotopic (exact) mass is 839 g/mol. The van der Waals surface area contributed by atoms with E-state index in [0.717, 1.165) is 96.3 Å². The summed E-state index contributed by atoms with van der Waals surface area (Å²) >= 11 is 0. The van der Waals surface area contributed by atoms with Crippen molar-refractivity contribution in [2.45, 2.75) is 168 Å². The molecule has 0 aliphatic carbocycles. The molecule has 0 aromatic heterocycles. The first-order valence-electron chi connectivity index (χ1n) is 23.4. The van der Waals surface area contributed by atoms with Crippen LogP contribution in [-0.2, 0) is 28.6 Å². The number of hydrogen-bond acceptors (Lipinski definition) is 6. The highest BCUT2D eigenvalue weighted by Crippen LogP contribution is 2.10. The van der Waals surface area contributed by atoms with E-state index in [-0.39, 0.29) is 44.0 Å². The third-order valence-corrected chi connectivity index (χ3v) is 8.96. The molecule has 6 nitrogen and oxygen atoms in total. The van der Waals surface area contributed by atoms with Crippen molar-refractivity contribution in [3.63, 3.8) is 0 Å². The van der Waals surface area contributed by atoms with E-state index in [9.17, 15) is 14.4 Å². The van der Waals surface area contributed by atoms with Crippen LogP contribution in [0.3, 0.4) is 0 Å². The summed E-state index contributed by atoms with van der Waals surface area (Å²) in [6, 6.07) is 0. The number of carbonyl (C=O) groups is 3. The first kappa shape index (κ1) is 56.3. The van der Waals surface area contributed by atoms with Crippen molar-refractivity contribution >= 4 is 17.9 Å². The van der Waals surface area contributed by atoms with Gasteiger partial charge in [0.05, 0.1) is 0 Å². The number of rotatable bonds is 39. The highest BCUT2D eigenvalue weighted by atomic mass is 16.6. The van der Waals surface area contributed by atoms with Gasteiger partial charge in [0.25, 0.3) is 0 Å². The minimum Gasteiger partial charge on any atom is -0.462 e. The van der Waals surface area contributed by atoms with Gasteiger partial charge in [-0.15, -0.1) is 0 Å². The number of esters is 3. The Morgan fingerprint density at radius 2 is 0.738 bits per heavy atom. The summed E-state index contributed by atoms with van der Waals surface area (Å²) in [7, 11) is 0. The first-order chi connectivity index (χ1) is 30.0. The number of unbranched alkanes of at least 4 members (excludes halogenated alkanes) is 9. The van der Waals surface area contributed by atoms with Crippen LogP contribution in [0.5, 0.6) is 0 Å². The smallest absolute Gasteiger partial charge is 0.306 e. The van der Waals surface area contributed by atoms with E-state index < -0.39 is 6.10 Å². The molecular weight excluding hydrogens is 757 g/mol. The normalized spacial score (nSPS) is 13.4. The quantitative estimate of drug-likeness (QED) is 0.0202. The predicted molar refractivity (Wildman–Crippen MR) is 260 cm³/mol. The van der Waals surface area contributed by atoms with Gasteiger partial charge in [0.2, 0.25) is 0 Å². The van der Waals surface area contributed by atoms with Gasteiger partial charge in [0, 0.05) is 19.3 Å². The molecule has 1 unspecified atom stereocenters. The molecular formula is C55H82O6. The van der Waals surface area contributed by atoms with Crippen molar-refractivity contribution in [1.29, 1.82) is 0 Å². The summed E-state index contributed by atoms with van der Waals surface area (Å²) in [5.74, 6) is -1.08. The molecule has 338 valence electrons. The molecule has 0 aliphatic heterocycles. The van der Waals surface area contributed by atoms with E-state index in [1.807, 2.05) is 48.6 Å². The SMILES string of the molecule is CC\C=C/C=C\C=C/C=C\C=C/CCCCCC(=O)OC(COC(=O)CCC/C=C\C/C=C\C/C=C\C/C=C\C/C=C\CC)COC(=O)CCCCC/C=C\C=C/CCCC. The number of ether oxygens (including phenoxy) is 3. The molecule has 0 radical (unpaired) electrons. The Morgan fingerprint density at radius 3 is 1.23 bits per heavy atom. The maximum atomic E-state index is 12.7. The fourth-order valence-electron chi connectivity index (χ4n) is 5.47. The molecule has 1 atom stereocenters. The van der Waals surface area contributed by atoms with E-state index in [1.54, 1.807) is 0 Å². The summed E-state index contributed by atoms with van der Waals surface area (Å²) < 4.78 is 16.6. The highest BCUT2D eigenvalue weighted by Gasteiger charge is 2.19. The number of hydrogen-bond donors (Lipinski definition) is 0. The van der Waals surface area contributed by atoms with Crippen molar-refractivity contribution in [3.8, 4) is 0 Å². The Labute approximate surface area is 372 Å². The maximum Gasteiger partial charge on any atom is 0.306 e. The standard InChI is InChI=1S/C55H82O6/c1-4-7-10-13-16-19-22-24-26-27-29-30-33-36-39-42-45-48-54(57)60-51-52(50-59-53(56)47-44-41-38-35-32-21-18-15-12-9-6-3)61-55(58)49-46-43-40-37-34-31-28-25-23-20-17-14-11-8-5-2/h7-8,10-11,14-21,23-26,28-32,34,36,39,52H,4-6,9,12-13,22,27,33,35,37-38,40-51H2,1-3H3/b10-7-,11-8-,17-14-,18-15-,19-16-,23-20-,26-24-,28-25-,30-29-,32-21-,34-31-,39-36-. The van der Waals surface area contributed by atoms with Crippen LogP contribution in [0.1, 0.15) is 162 Å². The van der Waals surface area contributed by atoms with Crippen LogP contribution < -0.4 is 0 Å². The van der Waals surface area contributed by atoms with E-state index in [2.05, 4.69) is 118 Å². The van der Waals surface area contributed by atoms with Gasteiger partial charge in [-0.1, -0.05) is 192 Å². The molecule has 0 amide bonds. The molecule has 0 saturated heterocycles. The van der Waals surface area contributed by atoms with Gasteiger partial charge in [-0.25, -0.2) is 0 Å². The van der Waals surface area contributed by atoms with E-state index >= 15 is 0 Å². The summed E-state index contributed by atoms with van der Waals surface area (Å²) in [5.41, 5.74) is 0. The lowest BCUT2D eigenvalue weighted by atomic mass is 10.1. The molecule has 61 heavy (non-hydrogen) atoms. The average Bonchev–Trinajstić information content (AvgIpc) is 3.26. The Bertz CT molecular complexity index is 1430. The van der Waals surface area contributed by atoms with E-state index in [0.29, 0.717) is 19.3 Å². The van der Waals surface area contributed by atoms with Gasteiger partial charge in [0.1, 0.15) is 13.2 Å². The Morgan fingerprint density at radius 1 is 0.361 bits per heavy atom. The van der Waals surface area contributed by atoms with E-state index in [4.69, 9.17) is 14.2 Å². The van der Waals surface area contributed by atoms with Crippen molar-refractivity contribution in [2.24, 2.45) is 0 Å². The second-order valence-electron chi connectivity index (χ2n) is 14.7. The fourth-order valence-corrected chi connectivity index (χ4v) is 5.47. The Hall–Kier alpha value is -4.71. The molecule has 0 aromatic carbocycles. The minimum atomic E-state index is -0.839. The third-order valence-electron chi connectivity index (χ3n) is 8.96. The summed E-state index contributed by atoms with van der Waals surface area (Å²) in [4.78, 5) is 37.8. The Kier molecular flexibility index (Phi) is 44.3. The van der Waals surface area contributed by atoms with Crippen molar-refractivity contribution in [1.82, 2.24) is 0 Å². The summed E-state index contributed by atoms with van der Waals surface area (Å²) in [5, 5.41) is 0. The van der Waals surface area contributed by atoms with Gasteiger partial charge >= 0.3 is 17.9 Å². The number of carbonyl (C=O) groups excluding carboxylic acids is 3. The van der Waals surface area contributed by atoms with Crippen LogP contribution in [0.4, 0.5) is 0 Å². The lowest BCUT2D eigenvalue weighted by Gasteiger charge is -2.18. The van der Waals surface area contributed by atoms with E-state index in [1.165, 1.54) is 12.8 Å². The number of allylic oxidation sites excluding steroid dienone is 24. The van der Waals surface area contributed by atoms with Crippen LogP contribution in [0.2, 0.25) is 0 Å². The van der Waals surface area contributed by atoms with Crippen LogP contribution in [0, 0.1) is 0 Å². The second kappa shape index (κ2) is 48.0. The maximum absolute atomic E-state index is 12.7. The molecule has 0 aromatic rings. The van der Waals surface area contributed by atoms with Crippen LogP contribution >= 0.6 is 0 Å². The summed E-state index contributed by atoms with van der Waals surface area (Å²) in [6.07, 6.45) is 68.3. The predicted octanol–water partition coefficient (Wildman–Crippen LogP) is 15.3. The Balaban J connectivity index is 4.63. The third kappa shape index (κ3) is 46.2. The largest absolute Gasteiger partial charge is 0.462 e. The van der Waals surface area contributed by atoms with Gasteiger partial charge < -0.3 is 14.2 Å². The van der Waals surface area contributed by atoms with Crippen LogP contribution in [-0.4, -0.2) is 37.2 Å². The molecule has 0 heterocycles. The van der Waals surface area contributed by atoms with Gasteiger partial charge in [-0.3, -0.25) is 14.4 Å². The molecule has 0 saturated carbocycles. The zero-order chi connectivity index (χ0) is 44.4. The lowest BCUT2D eigenvalue weighted by molar-refractivity contribution is -0.167. The topological polar surface area (TPSA) is 78.9 Å². The lowest BCUT2D eigenvalue weighted by Crippen LogP contribution is -2.30. The zero-order valence-corrected chi connectivity index (χ0v) is 38.4.